The smallest absolute Gasteiger partial charge is 0.337 e. The van der Waals surface area contributed by atoms with Gasteiger partial charge in [-0.2, -0.15) is 0 Å². The molecule has 1 aromatic rings. The van der Waals surface area contributed by atoms with Crippen LogP contribution in [0.2, 0.25) is 0 Å². The number of carbonyl (C=O) groups excluding carboxylic acids is 1. The molecule has 0 aliphatic carbocycles. The normalized spacial score (nSPS) is 24.6. The molecule has 1 aliphatic heterocycles. The van der Waals surface area contributed by atoms with Gasteiger partial charge in [0.05, 0.1) is 20.3 Å². The Morgan fingerprint density at radius 1 is 1.25 bits per heavy atom. The number of hydrogen-bond donors (Lipinski definition) is 0. The predicted molar refractivity (Wildman–Crippen MR) is 71.9 cm³/mol. The molecule has 110 valence electrons. The van der Waals surface area contributed by atoms with Gasteiger partial charge in [0.2, 0.25) is 0 Å². The monoisotopic (exact) mass is 280 g/mol. The molecule has 0 unspecified atom stereocenters. The lowest BCUT2D eigenvalue weighted by Crippen LogP contribution is -2.35. The van der Waals surface area contributed by atoms with Crippen molar-refractivity contribution >= 4 is 5.97 Å². The van der Waals surface area contributed by atoms with E-state index in [1.54, 1.807) is 13.8 Å². The van der Waals surface area contributed by atoms with E-state index >= 15 is 0 Å². The second kappa shape index (κ2) is 6.35. The molecule has 0 aromatic heterocycles. The second-order valence-corrected chi connectivity index (χ2v) is 5.12. The van der Waals surface area contributed by atoms with Crippen LogP contribution in [-0.2, 0) is 30.3 Å². The fourth-order valence-corrected chi connectivity index (χ4v) is 2.14. The van der Waals surface area contributed by atoms with Crippen molar-refractivity contribution in [2.75, 3.05) is 13.7 Å². The third-order valence-electron chi connectivity index (χ3n) is 3.01. The van der Waals surface area contributed by atoms with Crippen LogP contribution in [0.5, 0.6) is 0 Å². The third kappa shape index (κ3) is 3.79. The molecular formula is C15H20O5. The van der Waals surface area contributed by atoms with Crippen LogP contribution in [0.3, 0.4) is 0 Å². The van der Waals surface area contributed by atoms with Crippen LogP contribution >= 0.6 is 0 Å². The van der Waals surface area contributed by atoms with E-state index in [2.05, 4.69) is 0 Å². The van der Waals surface area contributed by atoms with E-state index < -0.39 is 24.0 Å². The Bertz CT molecular complexity index is 443. The summed E-state index contributed by atoms with van der Waals surface area (Å²) < 4.78 is 21.5. The topological polar surface area (TPSA) is 54.0 Å². The van der Waals surface area contributed by atoms with E-state index in [0.29, 0.717) is 6.61 Å². The van der Waals surface area contributed by atoms with E-state index in [-0.39, 0.29) is 6.61 Å². The molecule has 1 saturated heterocycles. The summed E-state index contributed by atoms with van der Waals surface area (Å²) in [4.78, 5) is 11.7. The van der Waals surface area contributed by atoms with Crippen LogP contribution in [0.25, 0.3) is 0 Å². The van der Waals surface area contributed by atoms with E-state index in [1.807, 2.05) is 30.3 Å². The van der Waals surface area contributed by atoms with Gasteiger partial charge in [0.25, 0.3) is 0 Å². The van der Waals surface area contributed by atoms with Crippen LogP contribution in [0.1, 0.15) is 19.4 Å². The summed E-state index contributed by atoms with van der Waals surface area (Å²) in [5.74, 6) is -1.25. The molecule has 20 heavy (non-hydrogen) atoms. The zero-order valence-corrected chi connectivity index (χ0v) is 12.0. The average molecular weight is 280 g/mol. The summed E-state index contributed by atoms with van der Waals surface area (Å²) in [5, 5.41) is 0. The lowest BCUT2D eigenvalue weighted by molar-refractivity contribution is -0.168. The van der Waals surface area contributed by atoms with Gasteiger partial charge in [-0.05, 0) is 19.4 Å². The maximum Gasteiger partial charge on any atom is 0.337 e. The maximum absolute atomic E-state index is 11.7. The molecule has 0 spiro atoms. The molecule has 5 heteroatoms. The summed E-state index contributed by atoms with van der Waals surface area (Å²) >= 11 is 0. The summed E-state index contributed by atoms with van der Waals surface area (Å²) in [6.07, 6.45) is -1.20. The van der Waals surface area contributed by atoms with Gasteiger partial charge in [-0.25, -0.2) is 4.79 Å². The van der Waals surface area contributed by atoms with Crippen molar-refractivity contribution in [2.24, 2.45) is 0 Å². The predicted octanol–water partition coefficient (Wildman–Crippen LogP) is 1.90. The molecule has 1 aromatic carbocycles. The highest BCUT2D eigenvalue weighted by Gasteiger charge is 2.45. The van der Waals surface area contributed by atoms with Gasteiger partial charge in [0.1, 0.15) is 6.10 Å². The van der Waals surface area contributed by atoms with Crippen molar-refractivity contribution < 1.29 is 23.7 Å². The summed E-state index contributed by atoms with van der Waals surface area (Å²) in [6.45, 7) is 4.27. The van der Waals surface area contributed by atoms with Crippen LogP contribution < -0.4 is 0 Å². The third-order valence-corrected chi connectivity index (χ3v) is 3.01. The van der Waals surface area contributed by atoms with Crippen molar-refractivity contribution in [2.45, 2.75) is 38.4 Å². The fraction of sp³-hybridized carbons (Fsp3) is 0.533. The highest BCUT2D eigenvalue weighted by molar-refractivity contribution is 5.75. The molecule has 1 heterocycles. The largest absolute Gasteiger partial charge is 0.467 e. The Balaban J connectivity index is 1.88. The van der Waals surface area contributed by atoms with E-state index in [0.717, 1.165) is 5.56 Å². The number of ether oxygens (including phenoxy) is 4. The Hall–Kier alpha value is -1.43. The lowest BCUT2D eigenvalue weighted by Gasteiger charge is -2.16. The first-order valence-electron chi connectivity index (χ1n) is 6.57. The molecule has 0 amide bonds. The zero-order chi connectivity index (χ0) is 14.6. The Labute approximate surface area is 118 Å². The van der Waals surface area contributed by atoms with Crippen molar-refractivity contribution in [1.82, 2.24) is 0 Å². The van der Waals surface area contributed by atoms with Crippen LogP contribution in [0.15, 0.2) is 30.3 Å². The number of methoxy groups -OCH3 is 1. The van der Waals surface area contributed by atoms with Gasteiger partial charge in [-0.1, -0.05) is 30.3 Å². The fourth-order valence-electron chi connectivity index (χ4n) is 2.14. The second-order valence-electron chi connectivity index (χ2n) is 5.12. The standard InChI is InChI=1S/C15H20O5/c1-15(2)19-12(13(20-15)14(16)17-3)10-18-9-11-7-5-4-6-8-11/h4-8,12-13H,9-10H2,1-3H3/t12-,13+/m0/s1. The summed E-state index contributed by atoms with van der Waals surface area (Å²) in [7, 11) is 1.33. The van der Waals surface area contributed by atoms with E-state index in [9.17, 15) is 4.79 Å². The molecule has 1 aliphatic rings. The van der Waals surface area contributed by atoms with Crippen molar-refractivity contribution in [1.29, 1.82) is 0 Å². The van der Waals surface area contributed by atoms with Crippen LogP contribution in [0.4, 0.5) is 0 Å². The van der Waals surface area contributed by atoms with Crippen LogP contribution in [-0.4, -0.2) is 37.7 Å². The van der Waals surface area contributed by atoms with Gasteiger partial charge < -0.3 is 18.9 Å². The number of hydrogen-bond acceptors (Lipinski definition) is 5. The molecule has 5 nitrogen and oxygen atoms in total. The average Bonchev–Trinajstić information content (AvgIpc) is 2.74. The maximum atomic E-state index is 11.7. The van der Waals surface area contributed by atoms with Crippen molar-refractivity contribution in [3.05, 3.63) is 35.9 Å². The van der Waals surface area contributed by atoms with Crippen molar-refractivity contribution in [3.63, 3.8) is 0 Å². The first kappa shape index (κ1) is 15.0. The first-order chi connectivity index (χ1) is 9.52. The number of rotatable bonds is 5. The number of carbonyl (C=O) groups is 1. The summed E-state index contributed by atoms with van der Waals surface area (Å²) in [6, 6.07) is 9.82. The van der Waals surface area contributed by atoms with Gasteiger partial charge in [0.15, 0.2) is 11.9 Å². The Kier molecular flexibility index (Phi) is 4.75. The van der Waals surface area contributed by atoms with E-state index in [1.165, 1.54) is 7.11 Å². The van der Waals surface area contributed by atoms with Gasteiger partial charge in [-0.3, -0.25) is 0 Å². The zero-order valence-electron chi connectivity index (χ0n) is 12.0. The molecule has 0 bridgehead atoms. The molecule has 1 fully saturated rings. The first-order valence-corrected chi connectivity index (χ1v) is 6.57. The minimum Gasteiger partial charge on any atom is -0.467 e. The van der Waals surface area contributed by atoms with Gasteiger partial charge in [-0.15, -0.1) is 0 Å². The Morgan fingerprint density at radius 3 is 2.60 bits per heavy atom. The molecule has 0 N–H and O–H groups in total. The minimum absolute atomic E-state index is 0.276. The molecule has 0 radical (unpaired) electrons. The van der Waals surface area contributed by atoms with Gasteiger partial charge >= 0.3 is 5.97 Å². The minimum atomic E-state index is -0.806. The van der Waals surface area contributed by atoms with Gasteiger partial charge in [0, 0.05) is 0 Å². The van der Waals surface area contributed by atoms with Crippen molar-refractivity contribution in [3.8, 4) is 0 Å². The quantitative estimate of drug-likeness (QED) is 0.771. The molecule has 0 saturated carbocycles. The van der Waals surface area contributed by atoms with E-state index in [4.69, 9.17) is 18.9 Å². The molecule has 2 atom stereocenters. The lowest BCUT2D eigenvalue weighted by atomic mass is 10.2. The highest BCUT2D eigenvalue weighted by atomic mass is 16.8. The number of benzene rings is 1. The van der Waals surface area contributed by atoms with Crippen LogP contribution in [0, 0.1) is 0 Å². The molecular weight excluding hydrogens is 260 g/mol. The summed E-state index contributed by atoms with van der Waals surface area (Å²) in [5.41, 5.74) is 1.07. The molecule has 2 rings (SSSR count). The highest BCUT2D eigenvalue weighted by Crippen LogP contribution is 2.29. The SMILES string of the molecule is COC(=O)[C@@H]1OC(C)(C)O[C@H]1COCc1ccccc1. The Morgan fingerprint density at radius 2 is 1.95 bits per heavy atom. The number of esters is 1.